The minimum absolute atomic E-state index is 0.249. The molecule has 0 aliphatic carbocycles. The van der Waals surface area contributed by atoms with E-state index in [9.17, 15) is 17.6 Å². The number of aryl methyl sites for hydroxylation is 1. The predicted octanol–water partition coefficient (Wildman–Crippen LogP) is 6.14. The lowest BCUT2D eigenvalue weighted by atomic mass is 10.0. The number of ether oxygens (including phenoxy) is 1. The summed E-state index contributed by atoms with van der Waals surface area (Å²) in [5.74, 6) is -1.84. The monoisotopic (exact) mass is 350 g/mol. The molecule has 0 spiro atoms. The number of hydrogen-bond donors (Lipinski definition) is 0. The van der Waals surface area contributed by atoms with Gasteiger partial charge in [-0.25, -0.2) is 4.39 Å². The molecule has 2 aromatic rings. The number of benzene rings is 2. The number of halogens is 4. The molecule has 0 heterocycles. The summed E-state index contributed by atoms with van der Waals surface area (Å²) in [5, 5.41) is 0. The number of methoxy groups -OCH3 is 1. The molecule has 0 fully saturated rings. The molecular weight excluding hydrogens is 332 g/mol. The zero-order chi connectivity index (χ0) is 18.4. The van der Waals surface area contributed by atoms with Crippen LogP contribution < -0.4 is 4.74 Å². The van der Waals surface area contributed by atoms with Gasteiger partial charge in [0.25, 0.3) is 0 Å². The van der Waals surface area contributed by atoms with Crippen molar-refractivity contribution in [2.45, 2.75) is 19.0 Å². The van der Waals surface area contributed by atoms with E-state index >= 15 is 0 Å². The number of allylic oxidation sites excluding steroid dienone is 1. The van der Waals surface area contributed by atoms with Crippen LogP contribution in [0.5, 0.6) is 5.75 Å². The standard InChI is InChI=1S/C20H18F4O/c1-3-4-5-14-6-8-15(9-7-14)10-11-16-12-13-17(25-2)19(21)18(16)20(22,23)24/h3,6-13H,1,4-5H2,2H3. The largest absolute Gasteiger partial charge is 0.494 e. The van der Waals surface area contributed by atoms with E-state index in [1.807, 2.05) is 30.3 Å². The third-order valence-corrected chi connectivity index (χ3v) is 3.71. The molecule has 1 nitrogen and oxygen atoms in total. The molecule has 0 N–H and O–H groups in total. The van der Waals surface area contributed by atoms with Crippen LogP contribution in [-0.2, 0) is 12.6 Å². The molecule has 0 unspecified atom stereocenters. The van der Waals surface area contributed by atoms with Crippen molar-refractivity contribution in [3.05, 3.63) is 77.1 Å². The van der Waals surface area contributed by atoms with E-state index in [-0.39, 0.29) is 5.56 Å². The van der Waals surface area contributed by atoms with Crippen molar-refractivity contribution < 1.29 is 22.3 Å². The molecule has 0 bridgehead atoms. The van der Waals surface area contributed by atoms with E-state index in [0.717, 1.165) is 31.1 Å². The molecule has 0 saturated carbocycles. The van der Waals surface area contributed by atoms with Crippen LogP contribution in [0.25, 0.3) is 12.2 Å². The SMILES string of the molecule is C=CCCc1ccc(C=Cc2ccc(OC)c(F)c2C(F)(F)F)cc1. The summed E-state index contributed by atoms with van der Waals surface area (Å²) >= 11 is 0. The summed E-state index contributed by atoms with van der Waals surface area (Å²) in [5.41, 5.74) is 0.266. The average molecular weight is 350 g/mol. The maximum absolute atomic E-state index is 14.0. The Bertz CT molecular complexity index is 759. The van der Waals surface area contributed by atoms with Gasteiger partial charge in [-0.15, -0.1) is 6.58 Å². The topological polar surface area (TPSA) is 9.23 Å². The molecule has 25 heavy (non-hydrogen) atoms. The van der Waals surface area contributed by atoms with E-state index < -0.39 is 23.3 Å². The molecule has 0 amide bonds. The summed E-state index contributed by atoms with van der Waals surface area (Å²) in [4.78, 5) is 0. The van der Waals surface area contributed by atoms with E-state index in [2.05, 4.69) is 11.3 Å². The summed E-state index contributed by atoms with van der Waals surface area (Å²) in [6.07, 6.45) is 1.50. The van der Waals surface area contributed by atoms with Gasteiger partial charge in [-0.05, 0) is 35.6 Å². The van der Waals surface area contributed by atoms with E-state index in [0.29, 0.717) is 0 Å². The van der Waals surface area contributed by atoms with E-state index in [4.69, 9.17) is 0 Å². The highest BCUT2D eigenvalue weighted by molar-refractivity contribution is 5.72. The first kappa shape index (κ1) is 18.8. The summed E-state index contributed by atoms with van der Waals surface area (Å²) in [7, 11) is 1.13. The van der Waals surface area contributed by atoms with Crippen LogP contribution in [0.2, 0.25) is 0 Å². The highest BCUT2D eigenvalue weighted by atomic mass is 19.4. The molecule has 0 aliphatic heterocycles. The lowest BCUT2D eigenvalue weighted by Gasteiger charge is -2.13. The van der Waals surface area contributed by atoms with Gasteiger partial charge in [0.1, 0.15) is 5.56 Å². The van der Waals surface area contributed by atoms with Crippen molar-refractivity contribution in [3.63, 3.8) is 0 Å². The number of rotatable bonds is 6. The molecule has 0 atom stereocenters. The van der Waals surface area contributed by atoms with Crippen molar-refractivity contribution in [1.82, 2.24) is 0 Å². The second kappa shape index (κ2) is 8.01. The third kappa shape index (κ3) is 4.72. The molecule has 132 valence electrons. The van der Waals surface area contributed by atoms with Gasteiger partial charge in [0.05, 0.1) is 7.11 Å². The lowest BCUT2D eigenvalue weighted by molar-refractivity contribution is -0.140. The Labute approximate surface area is 144 Å². The van der Waals surface area contributed by atoms with Crippen LogP contribution >= 0.6 is 0 Å². The van der Waals surface area contributed by atoms with Gasteiger partial charge in [0.2, 0.25) is 0 Å². The first-order valence-electron chi connectivity index (χ1n) is 7.68. The smallest absolute Gasteiger partial charge is 0.419 e. The minimum atomic E-state index is -4.81. The van der Waals surface area contributed by atoms with Crippen molar-refractivity contribution in [2.24, 2.45) is 0 Å². The summed E-state index contributed by atoms with van der Waals surface area (Å²) in [6.45, 7) is 3.66. The van der Waals surface area contributed by atoms with E-state index in [1.54, 1.807) is 0 Å². The van der Waals surface area contributed by atoms with Gasteiger partial charge >= 0.3 is 6.18 Å². The molecule has 0 aromatic heterocycles. The van der Waals surface area contributed by atoms with Crippen LogP contribution in [0, 0.1) is 5.82 Å². The van der Waals surface area contributed by atoms with E-state index in [1.165, 1.54) is 24.3 Å². The van der Waals surface area contributed by atoms with Crippen molar-refractivity contribution in [2.75, 3.05) is 7.11 Å². The van der Waals surface area contributed by atoms with Gasteiger partial charge in [0, 0.05) is 0 Å². The van der Waals surface area contributed by atoms with Crippen LogP contribution in [0.4, 0.5) is 17.6 Å². The highest BCUT2D eigenvalue weighted by Gasteiger charge is 2.37. The predicted molar refractivity (Wildman–Crippen MR) is 91.8 cm³/mol. The van der Waals surface area contributed by atoms with Gasteiger partial charge in [-0.1, -0.05) is 48.6 Å². The highest BCUT2D eigenvalue weighted by Crippen LogP contribution is 2.38. The zero-order valence-corrected chi connectivity index (χ0v) is 13.7. The van der Waals surface area contributed by atoms with Gasteiger partial charge in [-0.2, -0.15) is 13.2 Å². The maximum atomic E-state index is 14.0. The normalized spacial score (nSPS) is 11.7. The Balaban J connectivity index is 2.31. The molecular formula is C20H18F4O. The Morgan fingerprint density at radius 1 is 1.04 bits per heavy atom. The third-order valence-electron chi connectivity index (χ3n) is 3.71. The number of hydrogen-bond acceptors (Lipinski definition) is 1. The fourth-order valence-corrected chi connectivity index (χ4v) is 2.41. The second-order valence-corrected chi connectivity index (χ2v) is 5.45. The molecule has 2 rings (SSSR count). The zero-order valence-electron chi connectivity index (χ0n) is 13.7. The Morgan fingerprint density at radius 3 is 2.28 bits per heavy atom. The van der Waals surface area contributed by atoms with Gasteiger partial charge in [-0.3, -0.25) is 0 Å². The first-order chi connectivity index (χ1) is 11.9. The van der Waals surface area contributed by atoms with Crippen molar-refractivity contribution in [3.8, 4) is 5.75 Å². The Morgan fingerprint density at radius 2 is 1.72 bits per heavy atom. The lowest BCUT2D eigenvalue weighted by Crippen LogP contribution is -2.11. The molecule has 0 aliphatic rings. The number of alkyl halides is 3. The Kier molecular flexibility index (Phi) is 6.02. The molecule has 0 saturated heterocycles. The fourth-order valence-electron chi connectivity index (χ4n) is 2.41. The summed E-state index contributed by atoms with van der Waals surface area (Å²) < 4.78 is 58.2. The Hall–Kier alpha value is -2.56. The molecule has 5 heteroatoms. The maximum Gasteiger partial charge on any atom is 0.419 e. The molecule has 2 aromatic carbocycles. The molecule has 0 radical (unpaired) electrons. The van der Waals surface area contributed by atoms with Crippen LogP contribution in [-0.4, -0.2) is 7.11 Å². The quantitative estimate of drug-likeness (QED) is 0.345. The van der Waals surface area contributed by atoms with Gasteiger partial charge < -0.3 is 4.74 Å². The average Bonchev–Trinajstić information content (AvgIpc) is 2.58. The minimum Gasteiger partial charge on any atom is -0.494 e. The van der Waals surface area contributed by atoms with Crippen molar-refractivity contribution >= 4 is 12.2 Å². The van der Waals surface area contributed by atoms with Crippen LogP contribution in [0.3, 0.4) is 0 Å². The van der Waals surface area contributed by atoms with Gasteiger partial charge in [0.15, 0.2) is 11.6 Å². The fraction of sp³-hybridized carbons (Fsp3) is 0.200. The summed E-state index contributed by atoms with van der Waals surface area (Å²) in [6, 6.07) is 9.80. The van der Waals surface area contributed by atoms with Crippen LogP contribution in [0.1, 0.15) is 28.7 Å². The second-order valence-electron chi connectivity index (χ2n) is 5.45. The van der Waals surface area contributed by atoms with Crippen LogP contribution in [0.15, 0.2) is 49.1 Å². The van der Waals surface area contributed by atoms with Crippen molar-refractivity contribution in [1.29, 1.82) is 0 Å². The first-order valence-corrected chi connectivity index (χ1v) is 7.68.